The number of benzene rings is 1. The fourth-order valence-electron chi connectivity index (χ4n) is 6.18. The molecule has 3 aliphatic rings. The Morgan fingerprint density at radius 2 is 1.93 bits per heavy atom. The summed E-state index contributed by atoms with van der Waals surface area (Å²) in [5, 5.41) is 3.33. The van der Waals surface area contributed by atoms with E-state index in [4.69, 9.17) is 0 Å². The second-order valence-corrected chi connectivity index (χ2v) is 13.7. The fraction of sp³-hybridized carbons (Fsp3) is 0.429. The van der Waals surface area contributed by atoms with Crippen LogP contribution >= 0.6 is 18.9 Å². The number of fused-ring (bicyclic) bond motifs is 2. The molecular weight excluding hydrogens is 570 g/mol. The second-order valence-electron chi connectivity index (χ2n) is 11.0. The van der Waals surface area contributed by atoms with Crippen molar-refractivity contribution >= 4 is 46.7 Å². The Kier molecular flexibility index (Phi) is 7.44. The molecule has 3 aromatic rings. The average molecular weight is 601 g/mol. The van der Waals surface area contributed by atoms with E-state index in [-0.39, 0.29) is 29.3 Å². The zero-order chi connectivity index (χ0) is 28.9. The first kappa shape index (κ1) is 28.0. The average Bonchev–Trinajstić information content (AvgIpc) is 3.51. The van der Waals surface area contributed by atoms with Crippen LogP contribution in [-0.2, 0) is 14.2 Å². The molecule has 0 saturated carbocycles. The molecule has 216 valence electrons. The van der Waals surface area contributed by atoms with Crippen LogP contribution in [-0.4, -0.2) is 73.5 Å². The number of nitrogens with one attached hydrogen (secondary N) is 1. The number of alkyl halides is 1. The van der Waals surface area contributed by atoms with Gasteiger partial charge in [0.1, 0.15) is 12.1 Å². The Hall–Kier alpha value is -3.18. The summed E-state index contributed by atoms with van der Waals surface area (Å²) >= 11 is 1.15. The largest absolute Gasteiger partial charge is 0.363 e. The lowest BCUT2D eigenvalue weighted by Crippen LogP contribution is -2.58. The lowest BCUT2D eigenvalue weighted by molar-refractivity contribution is -0.148. The molecule has 3 amide bonds. The minimum Gasteiger partial charge on any atom is -0.340 e. The number of likely N-dealkylation sites (tertiary alicyclic amines) is 1. The van der Waals surface area contributed by atoms with E-state index in [0.29, 0.717) is 40.9 Å². The number of halogens is 1. The Bertz CT molecular complexity index is 1540. The monoisotopic (exact) mass is 600 g/mol. The van der Waals surface area contributed by atoms with Gasteiger partial charge in [0.25, 0.3) is 5.91 Å². The van der Waals surface area contributed by atoms with E-state index >= 15 is 0 Å². The van der Waals surface area contributed by atoms with Gasteiger partial charge in [0, 0.05) is 42.1 Å². The molecule has 6 rings (SSSR count). The highest BCUT2D eigenvalue weighted by Gasteiger charge is 2.47. The van der Waals surface area contributed by atoms with Gasteiger partial charge in [0.15, 0.2) is 0 Å². The van der Waals surface area contributed by atoms with E-state index in [1.807, 2.05) is 18.3 Å². The Morgan fingerprint density at radius 1 is 1.12 bits per heavy atom. The third-order valence-electron chi connectivity index (χ3n) is 8.36. The molecule has 3 N–H and O–H groups in total. The van der Waals surface area contributed by atoms with Crippen molar-refractivity contribution in [3.63, 3.8) is 0 Å². The van der Waals surface area contributed by atoms with Gasteiger partial charge in [-0.1, -0.05) is 12.1 Å². The van der Waals surface area contributed by atoms with Crippen molar-refractivity contribution in [1.29, 1.82) is 0 Å². The van der Waals surface area contributed by atoms with Gasteiger partial charge in [-0.25, -0.2) is 4.39 Å². The summed E-state index contributed by atoms with van der Waals surface area (Å²) < 4.78 is 26.2. The van der Waals surface area contributed by atoms with Gasteiger partial charge in [-0.05, 0) is 72.9 Å². The Labute approximate surface area is 239 Å². The highest BCUT2D eigenvalue weighted by Crippen LogP contribution is 2.53. The second kappa shape index (κ2) is 10.9. The highest BCUT2D eigenvalue weighted by atomic mass is 32.1. The van der Waals surface area contributed by atoms with Crippen LogP contribution in [0.15, 0.2) is 48.8 Å². The number of pyridine rings is 1. The van der Waals surface area contributed by atoms with Gasteiger partial charge in [-0.2, -0.15) is 0 Å². The third kappa shape index (κ3) is 5.41. The van der Waals surface area contributed by atoms with Crippen molar-refractivity contribution in [2.45, 2.75) is 62.1 Å². The molecule has 3 saturated heterocycles. The Morgan fingerprint density at radius 3 is 2.66 bits per heavy atom. The zero-order valence-corrected chi connectivity index (χ0v) is 23.8. The molecule has 10 nitrogen and oxygen atoms in total. The summed E-state index contributed by atoms with van der Waals surface area (Å²) in [5.74, 6) is -2.96. The molecule has 5 heterocycles. The predicted molar refractivity (Wildman–Crippen MR) is 150 cm³/mol. The van der Waals surface area contributed by atoms with Crippen LogP contribution in [0, 0.1) is 0 Å². The zero-order valence-electron chi connectivity index (χ0n) is 22.1. The van der Waals surface area contributed by atoms with Gasteiger partial charge in [0.05, 0.1) is 4.88 Å². The summed E-state index contributed by atoms with van der Waals surface area (Å²) in [7, 11) is -4.96. The quantitative estimate of drug-likeness (QED) is 0.367. The van der Waals surface area contributed by atoms with Crippen LogP contribution in [0.2, 0.25) is 0 Å². The number of rotatable bonds is 6. The van der Waals surface area contributed by atoms with Crippen LogP contribution in [0.25, 0.3) is 10.1 Å². The summed E-state index contributed by atoms with van der Waals surface area (Å²) in [6, 6.07) is 8.21. The maximum atomic E-state index is 14.2. The number of aromatic nitrogens is 1. The molecule has 0 spiro atoms. The maximum absolute atomic E-state index is 14.2. The molecule has 41 heavy (non-hydrogen) atoms. The summed E-state index contributed by atoms with van der Waals surface area (Å²) in [6.45, 7) is 1.19. The maximum Gasteiger partial charge on any atom is 0.363 e. The number of nitrogens with zero attached hydrogens (tertiary/aromatic N) is 3. The Balaban J connectivity index is 1.14. The molecule has 0 aliphatic carbocycles. The number of amides is 3. The van der Waals surface area contributed by atoms with Crippen molar-refractivity contribution < 1.29 is 33.1 Å². The molecule has 3 aliphatic heterocycles. The molecule has 2 aromatic heterocycles. The normalized spacial score (nSPS) is 24.1. The van der Waals surface area contributed by atoms with Gasteiger partial charge >= 0.3 is 7.60 Å². The first-order valence-corrected chi connectivity index (χ1v) is 16.1. The highest BCUT2D eigenvalue weighted by molar-refractivity contribution is 7.51. The van der Waals surface area contributed by atoms with E-state index in [1.54, 1.807) is 16.0 Å². The number of thiophene rings is 1. The molecular formula is C28H30FN4O6PS. The number of carbonyl (C=O) groups is 3. The lowest BCUT2D eigenvalue weighted by atomic mass is 9.92. The first-order valence-electron chi connectivity index (χ1n) is 13.6. The lowest BCUT2D eigenvalue weighted by Gasteiger charge is -2.42. The number of hydrogen-bond donors (Lipinski definition) is 3. The smallest absolute Gasteiger partial charge is 0.340 e. The molecule has 0 radical (unpaired) electrons. The third-order valence-corrected chi connectivity index (χ3v) is 10.4. The first-order chi connectivity index (χ1) is 19.6. The summed E-state index contributed by atoms with van der Waals surface area (Å²) in [4.78, 5) is 66.7. The van der Waals surface area contributed by atoms with E-state index in [0.717, 1.165) is 36.2 Å². The van der Waals surface area contributed by atoms with Crippen LogP contribution in [0.4, 0.5) is 4.39 Å². The van der Waals surface area contributed by atoms with Gasteiger partial charge in [-0.15, -0.1) is 11.3 Å². The van der Waals surface area contributed by atoms with E-state index < -0.39 is 31.5 Å². The van der Waals surface area contributed by atoms with Crippen molar-refractivity contribution in [1.82, 2.24) is 20.1 Å². The van der Waals surface area contributed by atoms with Gasteiger partial charge < -0.3 is 24.9 Å². The molecule has 0 bridgehead atoms. The minimum absolute atomic E-state index is 0.0285. The van der Waals surface area contributed by atoms with Crippen molar-refractivity contribution in [2.24, 2.45) is 0 Å². The standard InChI is InChI=1S/C28H30FN4O6PS/c29-25(40(37,38)39)16-6-9-23-18(11-16)12-24(41-23)26(34)31-21-5-1-4-20-7-8-22(33(20)27(21)35)28(36)32-14-19(15-32)17-3-2-10-30-13-17/h2-3,6,9-13,19-22,25H,1,4-5,7-8,14-15H2,(H,31,34)(H2,37,38,39)/t20-,21?,22-,25-/m0/s1. The van der Waals surface area contributed by atoms with Crippen LogP contribution < -0.4 is 5.32 Å². The van der Waals surface area contributed by atoms with Gasteiger partial charge in [-0.3, -0.25) is 23.9 Å². The van der Waals surface area contributed by atoms with Crippen LogP contribution in [0.5, 0.6) is 0 Å². The summed E-state index contributed by atoms with van der Waals surface area (Å²) in [5.41, 5.74) is 0.928. The molecule has 13 heteroatoms. The SMILES string of the molecule is O=C(NC1CCC[C@H]2CC[C@@H](C(=O)N3CC(c4cccnc4)C3)N2C1=O)c1cc2cc([C@@H](F)P(=O)(O)O)ccc2s1. The minimum atomic E-state index is -4.96. The van der Waals surface area contributed by atoms with Crippen molar-refractivity contribution in [3.8, 4) is 0 Å². The van der Waals surface area contributed by atoms with E-state index in [2.05, 4.69) is 10.3 Å². The van der Waals surface area contributed by atoms with E-state index in [9.17, 15) is 33.1 Å². The molecule has 3 fully saturated rings. The van der Waals surface area contributed by atoms with Crippen molar-refractivity contribution in [2.75, 3.05) is 13.1 Å². The van der Waals surface area contributed by atoms with Crippen LogP contribution in [0.1, 0.15) is 64.7 Å². The number of hydrogen-bond acceptors (Lipinski definition) is 6. The van der Waals surface area contributed by atoms with Crippen molar-refractivity contribution in [3.05, 3.63) is 64.8 Å². The van der Waals surface area contributed by atoms with Crippen LogP contribution in [0.3, 0.4) is 0 Å². The molecule has 4 atom stereocenters. The molecule has 1 unspecified atom stereocenters. The fourth-order valence-corrected chi connectivity index (χ4v) is 7.68. The summed E-state index contributed by atoms with van der Waals surface area (Å²) in [6.07, 6.45) is 6.87. The predicted octanol–water partition coefficient (Wildman–Crippen LogP) is 3.71. The molecule has 1 aromatic carbocycles. The van der Waals surface area contributed by atoms with Gasteiger partial charge in [0.2, 0.25) is 17.7 Å². The van der Waals surface area contributed by atoms with E-state index in [1.165, 1.54) is 24.3 Å². The number of carbonyl (C=O) groups excluding carboxylic acids is 3. The topological polar surface area (TPSA) is 140 Å².